The van der Waals surface area contributed by atoms with Gasteiger partial charge in [-0.1, -0.05) is 35.8 Å². The second kappa shape index (κ2) is 5.32. The monoisotopic (exact) mass is 356 g/mol. The van der Waals surface area contributed by atoms with E-state index in [4.69, 9.17) is 9.47 Å². The maximum absolute atomic E-state index is 13.9. The number of benzene rings is 1. The van der Waals surface area contributed by atoms with E-state index in [1.54, 1.807) is 6.07 Å². The lowest BCUT2D eigenvalue weighted by Crippen LogP contribution is -2.38. The maximum Gasteiger partial charge on any atom is 0.129 e. The number of halogens is 2. The summed E-state index contributed by atoms with van der Waals surface area (Å²) in [5, 5.41) is 0. The zero-order valence-electron chi connectivity index (χ0n) is 12.8. The van der Waals surface area contributed by atoms with Gasteiger partial charge in [-0.05, 0) is 37.8 Å². The molecule has 21 heavy (non-hydrogen) atoms. The summed E-state index contributed by atoms with van der Waals surface area (Å²) in [5.41, 5.74) is 0.316. The number of ether oxygens (including phenoxy) is 2. The van der Waals surface area contributed by atoms with Crippen LogP contribution in [0.3, 0.4) is 0 Å². The van der Waals surface area contributed by atoms with E-state index in [0.717, 1.165) is 23.7 Å². The van der Waals surface area contributed by atoms with E-state index >= 15 is 0 Å². The van der Waals surface area contributed by atoms with Gasteiger partial charge in [0.2, 0.25) is 0 Å². The van der Waals surface area contributed by atoms with Crippen molar-refractivity contribution in [2.75, 3.05) is 0 Å². The van der Waals surface area contributed by atoms with Gasteiger partial charge in [0.05, 0.1) is 23.9 Å². The smallest absolute Gasteiger partial charge is 0.129 e. The quantitative estimate of drug-likeness (QED) is 0.768. The lowest BCUT2D eigenvalue weighted by atomic mass is 9.75. The molecule has 1 aromatic rings. The maximum atomic E-state index is 13.9. The molecule has 0 spiro atoms. The van der Waals surface area contributed by atoms with Crippen molar-refractivity contribution in [2.45, 2.75) is 63.9 Å². The first-order chi connectivity index (χ1) is 9.86. The van der Waals surface area contributed by atoms with E-state index in [2.05, 4.69) is 36.7 Å². The molecule has 116 valence electrons. The standard InChI is InChI=1S/C17H22BrFO2/c1-11(2)17-8-7-16(3,21-17)15(9-17)20-10-12-13(18)5-4-6-14(12)19/h4-6,11,15H,7-10H2,1-3H3. The third kappa shape index (κ3) is 2.55. The van der Waals surface area contributed by atoms with Gasteiger partial charge >= 0.3 is 0 Å². The highest BCUT2D eigenvalue weighted by Crippen LogP contribution is 2.55. The number of fused-ring (bicyclic) bond motifs is 2. The Balaban J connectivity index is 1.73. The third-order valence-corrected chi connectivity index (χ3v) is 5.98. The van der Waals surface area contributed by atoms with Crippen LogP contribution in [0.1, 0.15) is 45.6 Å². The summed E-state index contributed by atoms with van der Waals surface area (Å²) < 4.78 is 27.0. The van der Waals surface area contributed by atoms with Crippen molar-refractivity contribution in [1.82, 2.24) is 0 Å². The molecule has 2 heterocycles. The van der Waals surface area contributed by atoms with Crippen LogP contribution >= 0.6 is 15.9 Å². The predicted octanol–water partition coefficient (Wildman–Crippen LogP) is 4.84. The zero-order valence-corrected chi connectivity index (χ0v) is 14.4. The van der Waals surface area contributed by atoms with Gasteiger partial charge in [-0.25, -0.2) is 4.39 Å². The van der Waals surface area contributed by atoms with Crippen molar-refractivity contribution in [2.24, 2.45) is 5.92 Å². The van der Waals surface area contributed by atoms with Crippen LogP contribution in [0.4, 0.5) is 4.39 Å². The van der Waals surface area contributed by atoms with Gasteiger partial charge in [-0.2, -0.15) is 0 Å². The van der Waals surface area contributed by atoms with Crippen LogP contribution in [-0.4, -0.2) is 17.3 Å². The molecule has 0 aromatic heterocycles. The molecule has 0 saturated carbocycles. The Kier molecular flexibility index (Phi) is 3.92. The SMILES string of the molecule is CC(C)C12CCC(C)(O1)C(OCc1c(F)cccc1Br)C2. The summed E-state index contributed by atoms with van der Waals surface area (Å²) in [6, 6.07) is 5.01. The van der Waals surface area contributed by atoms with E-state index < -0.39 is 0 Å². The Morgan fingerprint density at radius 1 is 1.43 bits per heavy atom. The zero-order chi connectivity index (χ0) is 15.3. The predicted molar refractivity (Wildman–Crippen MR) is 83.6 cm³/mol. The summed E-state index contributed by atoms with van der Waals surface area (Å²) in [6.07, 6.45) is 3.08. The number of rotatable bonds is 4. The minimum atomic E-state index is -0.225. The fourth-order valence-electron chi connectivity index (χ4n) is 3.66. The highest BCUT2D eigenvalue weighted by Gasteiger charge is 2.60. The molecule has 0 amide bonds. The lowest BCUT2D eigenvalue weighted by Gasteiger charge is -2.31. The Labute approximate surface area is 134 Å². The van der Waals surface area contributed by atoms with Crippen molar-refractivity contribution < 1.29 is 13.9 Å². The molecule has 4 heteroatoms. The average molecular weight is 357 g/mol. The van der Waals surface area contributed by atoms with Crippen molar-refractivity contribution in [3.63, 3.8) is 0 Å². The second-order valence-corrected chi connectivity index (χ2v) is 7.69. The van der Waals surface area contributed by atoms with Gasteiger partial charge in [-0.15, -0.1) is 0 Å². The van der Waals surface area contributed by atoms with E-state index in [1.165, 1.54) is 6.07 Å². The fraction of sp³-hybridized carbons (Fsp3) is 0.647. The van der Waals surface area contributed by atoms with Crippen molar-refractivity contribution in [3.8, 4) is 0 Å². The molecule has 0 aliphatic carbocycles. The highest BCUT2D eigenvalue weighted by atomic mass is 79.9. The molecule has 0 N–H and O–H groups in total. The molecule has 0 radical (unpaired) electrons. The van der Waals surface area contributed by atoms with Gasteiger partial charge in [0.25, 0.3) is 0 Å². The molecule has 3 unspecified atom stereocenters. The van der Waals surface area contributed by atoms with E-state index in [0.29, 0.717) is 11.5 Å². The minimum Gasteiger partial charge on any atom is -0.370 e. The summed E-state index contributed by atoms with van der Waals surface area (Å²) >= 11 is 3.39. The largest absolute Gasteiger partial charge is 0.370 e. The van der Waals surface area contributed by atoms with Crippen LogP contribution in [0.5, 0.6) is 0 Å². The second-order valence-electron chi connectivity index (χ2n) is 6.84. The Morgan fingerprint density at radius 2 is 2.19 bits per heavy atom. The Morgan fingerprint density at radius 3 is 2.81 bits per heavy atom. The van der Waals surface area contributed by atoms with Gasteiger partial charge in [0.1, 0.15) is 5.82 Å². The Bertz CT molecular complexity index is 527. The number of hydrogen-bond donors (Lipinski definition) is 0. The normalized spacial score (nSPS) is 34.9. The molecular weight excluding hydrogens is 335 g/mol. The minimum absolute atomic E-state index is 0.0418. The van der Waals surface area contributed by atoms with E-state index in [1.807, 2.05) is 6.07 Å². The van der Waals surface area contributed by atoms with E-state index in [-0.39, 0.29) is 29.7 Å². The first-order valence-corrected chi connectivity index (χ1v) is 8.40. The van der Waals surface area contributed by atoms with Crippen molar-refractivity contribution in [3.05, 3.63) is 34.1 Å². The van der Waals surface area contributed by atoms with Crippen LogP contribution in [0.15, 0.2) is 22.7 Å². The molecule has 2 aliphatic heterocycles. The molecule has 2 aliphatic rings. The summed E-state index contributed by atoms with van der Waals surface area (Å²) in [4.78, 5) is 0. The van der Waals surface area contributed by atoms with Gasteiger partial charge < -0.3 is 9.47 Å². The van der Waals surface area contributed by atoms with Crippen LogP contribution in [0.25, 0.3) is 0 Å². The lowest BCUT2D eigenvalue weighted by molar-refractivity contribution is -0.0962. The highest BCUT2D eigenvalue weighted by molar-refractivity contribution is 9.10. The fourth-order valence-corrected chi connectivity index (χ4v) is 4.11. The first kappa shape index (κ1) is 15.4. The third-order valence-electron chi connectivity index (χ3n) is 5.24. The molecule has 2 nitrogen and oxygen atoms in total. The molecule has 2 saturated heterocycles. The molecular formula is C17H22BrFO2. The molecule has 3 rings (SSSR count). The summed E-state index contributed by atoms with van der Waals surface area (Å²) in [5.74, 6) is 0.255. The van der Waals surface area contributed by atoms with Crippen molar-refractivity contribution >= 4 is 15.9 Å². The number of hydrogen-bond acceptors (Lipinski definition) is 2. The molecule has 2 bridgehead atoms. The molecule has 1 aromatic carbocycles. The van der Waals surface area contributed by atoms with E-state index in [9.17, 15) is 4.39 Å². The molecule has 3 atom stereocenters. The Hall–Kier alpha value is -0.450. The summed E-state index contributed by atoms with van der Waals surface area (Å²) in [7, 11) is 0. The summed E-state index contributed by atoms with van der Waals surface area (Å²) in [6.45, 7) is 6.83. The molecule has 2 fully saturated rings. The van der Waals surface area contributed by atoms with Crippen LogP contribution in [0, 0.1) is 11.7 Å². The van der Waals surface area contributed by atoms with Gasteiger partial charge in [0, 0.05) is 16.5 Å². The first-order valence-electron chi connectivity index (χ1n) is 7.61. The van der Waals surface area contributed by atoms with Crippen LogP contribution in [0.2, 0.25) is 0 Å². The van der Waals surface area contributed by atoms with Gasteiger partial charge in [-0.3, -0.25) is 0 Å². The van der Waals surface area contributed by atoms with Gasteiger partial charge in [0.15, 0.2) is 0 Å². The topological polar surface area (TPSA) is 18.5 Å². The van der Waals surface area contributed by atoms with Crippen LogP contribution in [-0.2, 0) is 16.1 Å². The van der Waals surface area contributed by atoms with Crippen molar-refractivity contribution in [1.29, 1.82) is 0 Å². The average Bonchev–Trinajstić information content (AvgIpc) is 2.90. The van der Waals surface area contributed by atoms with Crippen LogP contribution < -0.4 is 0 Å².